The van der Waals surface area contributed by atoms with Crippen LogP contribution in [0.5, 0.6) is 0 Å². The zero-order valence-electron chi connectivity index (χ0n) is 31.7. The minimum atomic E-state index is -0.338. The Bertz CT molecular complexity index is 1240. The van der Waals surface area contributed by atoms with E-state index < -0.39 is 0 Å². The van der Waals surface area contributed by atoms with Crippen LogP contribution in [0.1, 0.15) is 111 Å². The van der Waals surface area contributed by atoms with Gasteiger partial charge in [0.2, 0.25) is 11.8 Å². The number of ether oxygens (including phenoxy) is 2. The summed E-state index contributed by atoms with van der Waals surface area (Å²) in [5.41, 5.74) is 0.697. The van der Waals surface area contributed by atoms with Crippen molar-refractivity contribution >= 4 is 11.8 Å². The lowest BCUT2D eigenvalue weighted by Crippen LogP contribution is -2.56. The fourth-order valence-corrected chi connectivity index (χ4v) is 13.9. The predicted octanol–water partition coefficient (Wildman–Crippen LogP) is 5.89. The molecule has 8 nitrogen and oxygen atoms in total. The fourth-order valence-electron chi connectivity index (χ4n) is 13.9. The number of fused-ring (bicyclic) bond motifs is 7. The number of carbonyl (C=O) groups is 2. The Labute approximate surface area is 301 Å². The van der Waals surface area contributed by atoms with Crippen molar-refractivity contribution in [3.63, 3.8) is 0 Å². The molecule has 0 aromatic rings. The van der Waals surface area contributed by atoms with E-state index in [0.717, 1.165) is 82.6 Å². The van der Waals surface area contributed by atoms with Crippen LogP contribution >= 0.6 is 0 Å². The number of piperazine rings is 1. The first-order chi connectivity index (χ1) is 24.0. The van der Waals surface area contributed by atoms with Crippen molar-refractivity contribution in [2.24, 2.45) is 52.3 Å². The third kappa shape index (κ3) is 6.18. The molecule has 12 atom stereocenters. The Morgan fingerprint density at radius 2 is 1.60 bits per heavy atom. The van der Waals surface area contributed by atoms with E-state index in [1.165, 1.54) is 44.9 Å². The van der Waals surface area contributed by atoms with E-state index in [2.05, 4.69) is 42.8 Å². The lowest BCUT2D eigenvalue weighted by molar-refractivity contribution is -0.273. The summed E-state index contributed by atoms with van der Waals surface area (Å²) in [7, 11) is 0. The van der Waals surface area contributed by atoms with Crippen molar-refractivity contribution in [3.8, 4) is 0 Å². The largest absolute Gasteiger partial charge is 0.353 e. The van der Waals surface area contributed by atoms with Crippen molar-refractivity contribution in [2.45, 2.75) is 135 Å². The number of hydrogen-bond acceptors (Lipinski definition) is 6. The van der Waals surface area contributed by atoms with Gasteiger partial charge in [0.25, 0.3) is 0 Å². The highest BCUT2D eigenvalue weighted by Crippen LogP contribution is 2.71. The van der Waals surface area contributed by atoms with Crippen molar-refractivity contribution in [1.82, 2.24) is 20.0 Å². The maximum Gasteiger partial charge on any atom is 0.232 e. The highest BCUT2D eigenvalue weighted by atomic mass is 19.1. The summed E-state index contributed by atoms with van der Waals surface area (Å²) in [6.45, 7) is 16.2. The number of likely N-dealkylation sites (tertiary alicyclic amines) is 1. The molecule has 1 spiro atoms. The normalized spacial score (nSPS) is 47.0. The van der Waals surface area contributed by atoms with E-state index in [9.17, 15) is 14.0 Å². The van der Waals surface area contributed by atoms with Crippen molar-refractivity contribution in [1.29, 1.82) is 0 Å². The molecule has 50 heavy (non-hydrogen) atoms. The molecular formula is C41H67FN4O4. The zero-order valence-corrected chi connectivity index (χ0v) is 31.7. The molecule has 282 valence electrons. The molecule has 9 heteroatoms. The van der Waals surface area contributed by atoms with Gasteiger partial charge in [-0.3, -0.25) is 14.5 Å². The van der Waals surface area contributed by atoms with E-state index in [1.54, 1.807) is 0 Å². The van der Waals surface area contributed by atoms with Crippen LogP contribution in [0.4, 0.5) is 4.39 Å². The summed E-state index contributed by atoms with van der Waals surface area (Å²) in [6.07, 6.45) is 14.5. The molecule has 0 aromatic carbocycles. The molecule has 2 amide bonds. The molecule has 4 aliphatic heterocycles. The summed E-state index contributed by atoms with van der Waals surface area (Å²) in [6, 6.07) is 0.716. The quantitative estimate of drug-likeness (QED) is 0.349. The number of carbonyl (C=O) groups excluding carboxylic acids is 2. The number of rotatable bonds is 6. The Morgan fingerprint density at radius 3 is 2.32 bits per heavy atom. The molecule has 8 fully saturated rings. The third-order valence-corrected chi connectivity index (χ3v) is 16.8. The summed E-state index contributed by atoms with van der Waals surface area (Å²) in [5.74, 6) is 4.23. The monoisotopic (exact) mass is 699 g/mol. The van der Waals surface area contributed by atoms with E-state index in [1.807, 2.05) is 4.90 Å². The molecule has 0 radical (unpaired) electrons. The first-order valence-electron chi connectivity index (χ1n) is 20.9. The standard InChI is InChI=1S/C41H67FN4O4/c1-27-7-14-41(49-26-27)28(2)38-35(50-41)24-34-32-6-5-29-23-30(8-12-39(29,3)33(32)9-13-40(34,38)4)43-36(47)25-37(48)46-21-19-45(20-22-46)31-10-16-44(17-11-31)18-15-42/h27-35,38H,5-26H2,1-4H3,(H,43,47)/t27-,28-,29+,30?,32+,33?,34-,35?,38?,39-,40-,41+/m0/s1. The minimum absolute atomic E-state index is 0.0264. The van der Waals surface area contributed by atoms with Gasteiger partial charge in [-0.05, 0) is 130 Å². The van der Waals surface area contributed by atoms with Crippen molar-refractivity contribution in [3.05, 3.63) is 0 Å². The van der Waals surface area contributed by atoms with Gasteiger partial charge in [0.15, 0.2) is 5.79 Å². The second-order valence-corrected chi connectivity index (χ2v) is 19.1. The Kier molecular flexibility index (Phi) is 9.89. The molecular weight excluding hydrogens is 631 g/mol. The first kappa shape index (κ1) is 35.7. The topological polar surface area (TPSA) is 74.3 Å². The number of piperidine rings is 1. The van der Waals surface area contributed by atoms with Crippen LogP contribution < -0.4 is 5.32 Å². The van der Waals surface area contributed by atoms with Crippen LogP contribution in [0.3, 0.4) is 0 Å². The van der Waals surface area contributed by atoms with E-state index in [4.69, 9.17) is 9.47 Å². The van der Waals surface area contributed by atoms with Gasteiger partial charge in [-0.2, -0.15) is 0 Å². The third-order valence-electron chi connectivity index (χ3n) is 16.8. The van der Waals surface area contributed by atoms with Gasteiger partial charge in [-0.1, -0.05) is 27.7 Å². The van der Waals surface area contributed by atoms with Gasteiger partial charge < -0.3 is 24.6 Å². The smallest absolute Gasteiger partial charge is 0.232 e. The zero-order chi connectivity index (χ0) is 34.8. The van der Waals surface area contributed by atoms with Gasteiger partial charge in [0.05, 0.1) is 12.7 Å². The van der Waals surface area contributed by atoms with Crippen molar-refractivity contribution in [2.75, 3.05) is 59.1 Å². The van der Waals surface area contributed by atoms with Gasteiger partial charge >= 0.3 is 0 Å². The highest BCUT2D eigenvalue weighted by Gasteiger charge is 2.69. The summed E-state index contributed by atoms with van der Waals surface area (Å²) < 4.78 is 26.3. The fraction of sp³-hybridized carbons (Fsp3) is 0.951. The van der Waals surface area contributed by atoms with Crippen LogP contribution in [-0.2, 0) is 19.1 Å². The van der Waals surface area contributed by atoms with Crippen molar-refractivity contribution < 1.29 is 23.5 Å². The molecule has 8 aliphatic rings. The van der Waals surface area contributed by atoms with E-state index in [0.29, 0.717) is 66.3 Å². The lowest BCUT2D eigenvalue weighted by Gasteiger charge is -2.61. The lowest BCUT2D eigenvalue weighted by atomic mass is 9.44. The van der Waals surface area contributed by atoms with Gasteiger partial charge in [-0.25, -0.2) is 4.39 Å². The maximum atomic E-state index is 13.2. The summed E-state index contributed by atoms with van der Waals surface area (Å²) in [5, 5.41) is 3.34. The maximum absolute atomic E-state index is 13.2. The second-order valence-electron chi connectivity index (χ2n) is 19.1. The second kappa shape index (κ2) is 13.8. The number of amides is 2. The number of halogens is 1. The first-order valence-corrected chi connectivity index (χ1v) is 20.9. The van der Waals surface area contributed by atoms with Crippen LogP contribution in [0.15, 0.2) is 0 Å². The SMILES string of the molecule is C[C@H]1CC[C@@]2(OC1)OC1C[C@H]3[C@@H]4CC[C@@H]5CC(NC(=O)CC(=O)N6CCN(C7CCN(CCF)CC7)CC6)CC[C@]5(C)C4CC[C@]3(C)C1[C@@H]2C. The predicted molar refractivity (Wildman–Crippen MR) is 192 cm³/mol. The van der Waals surface area contributed by atoms with E-state index >= 15 is 0 Å². The van der Waals surface area contributed by atoms with Crippen LogP contribution in [0.2, 0.25) is 0 Å². The highest BCUT2D eigenvalue weighted by molar-refractivity contribution is 5.97. The Hall–Kier alpha value is -1.29. The minimum Gasteiger partial charge on any atom is -0.353 e. The number of alkyl halides is 1. The Morgan fingerprint density at radius 1 is 0.840 bits per heavy atom. The average Bonchev–Trinajstić information content (AvgIpc) is 3.56. The molecule has 4 aliphatic carbocycles. The number of hydrogen-bond donors (Lipinski definition) is 1. The van der Waals surface area contributed by atoms with Gasteiger partial charge in [0, 0.05) is 57.1 Å². The Balaban J connectivity index is 0.812. The molecule has 1 N–H and O–H groups in total. The van der Waals surface area contributed by atoms with Crippen LogP contribution in [0.25, 0.3) is 0 Å². The number of nitrogens with zero attached hydrogens (tertiary/aromatic N) is 3. The van der Waals surface area contributed by atoms with Crippen LogP contribution in [-0.4, -0.2) is 110 Å². The molecule has 4 saturated heterocycles. The van der Waals surface area contributed by atoms with Gasteiger partial charge in [-0.15, -0.1) is 0 Å². The number of nitrogens with one attached hydrogen (secondary N) is 1. The molecule has 8 rings (SSSR count). The molecule has 0 bridgehead atoms. The van der Waals surface area contributed by atoms with Crippen LogP contribution in [0, 0.1) is 52.3 Å². The van der Waals surface area contributed by atoms with Gasteiger partial charge in [0.1, 0.15) is 13.1 Å². The summed E-state index contributed by atoms with van der Waals surface area (Å²) in [4.78, 5) is 33.0. The van der Waals surface area contributed by atoms with E-state index in [-0.39, 0.29) is 36.7 Å². The average molecular weight is 699 g/mol. The molecule has 0 aromatic heterocycles. The molecule has 4 heterocycles. The summed E-state index contributed by atoms with van der Waals surface area (Å²) >= 11 is 0. The molecule has 4 saturated carbocycles. The molecule has 4 unspecified atom stereocenters.